The molecule has 0 bridgehead atoms. The molecule has 1 aliphatic carbocycles. The molecule has 25 heavy (non-hydrogen) atoms. The fourth-order valence-electron chi connectivity index (χ4n) is 3.61. The fraction of sp³-hybridized carbons (Fsp3) is 0.450. The summed E-state index contributed by atoms with van der Waals surface area (Å²) < 4.78 is 11.6. The minimum Gasteiger partial charge on any atom is -0.494 e. The van der Waals surface area contributed by atoms with E-state index in [0.29, 0.717) is 13.2 Å². The van der Waals surface area contributed by atoms with Crippen LogP contribution < -0.4 is 14.8 Å². The monoisotopic (exact) mass is 357 g/mol. The van der Waals surface area contributed by atoms with Crippen LogP contribution in [0.3, 0.4) is 0 Å². The number of carbonyl (C=O) groups excluding carboxylic acids is 1. The Morgan fingerprint density at radius 1 is 1.32 bits per heavy atom. The van der Waals surface area contributed by atoms with Gasteiger partial charge in [-0.05, 0) is 56.9 Å². The van der Waals surface area contributed by atoms with Gasteiger partial charge in [0, 0.05) is 29.0 Å². The predicted molar refractivity (Wildman–Crippen MR) is 98.9 cm³/mol. The number of hydrogen-bond donors (Lipinski definition) is 1. The smallest absolute Gasteiger partial charge is 0.261 e. The molecular weight excluding hydrogens is 334 g/mol. The predicted octanol–water partition coefficient (Wildman–Crippen LogP) is 3.89. The van der Waals surface area contributed by atoms with Crippen LogP contribution >= 0.6 is 11.3 Å². The van der Waals surface area contributed by atoms with E-state index in [1.807, 2.05) is 13.0 Å². The lowest BCUT2D eigenvalue weighted by Crippen LogP contribution is -2.22. The standard InChI is InChI=1S/C20H23NO3S/c1-3-23-16-8-14-7-12(2)24-17(14)9-15(16)11-21-20(22)19-10-13-5-4-6-18(13)25-19/h8-10,12H,3-7,11H2,1-2H3,(H,21,22). The zero-order chi connectivity index (χ0) is 17.4. The number of hydrogen-bond acceptors (Lipinski definition) is 4. The number of benzene rings is 1. The molecule has 0 spiro atoms. The second-order valence-corrected chi connectivity index (χ2v) is 7.87. The van der Waals surface area contributed by atoms with E-state index in [2.05, 4.69) is 24.4 Å². The van der Waals surface area contributed by atoms with E-state index in [1.165, 1.54) is 22.4 Å². The third-order valence-electron chi connectivity index (χ3n) is 4.79. The van der Waals surface area contributed by atoms with Crippen LogP contribution in [0, 0.1) is 0 Å². The van der Waals surface area contributed by atoms with Crippen molar-refractivity contribution in [3.05, 3.63) is 44.6 Å². The van der Waals surface area contributed by atoms with Gasteiger partial charge in [0.25, 0.3) is 5.91 Å². The second kappa shape index (κ2) is 6.71. The van der Waals surface area contributed by atoms with Gasteiger partial charge in [-0.1, -0.05) is 0 Å². The van der Waals surface area contributed by atoms with Crippen LogP contribution in [0.25, 0.3) is 0 Å². The lowest BCUT2D eigenvalue weighted by molar-refractivity contribution is 0.0954. The largest absolute Gasteiger partial charge is 0.494 e. The Morgan fingerprint density at radius 2 is 2.20 bits per heavy atom. The molecule has 2 aliphatic rings. The van der Waals surface area contributed by atoms with Crippen LogP contribution in [-0.2, 0) is 25.8 Å². The first kappa shape index (κ1) is 16.5. The van der Waals surface area contributed by atoms with Crippen molar-refractivity contribution in [1.82, 2.24) is 5.32 Å². The zero-order valence-electron chi connectivity index (χ0n) is 14.7. The minimum absolute atomic E-state index is 0.00312. The lowest BCUT2D eigenvalue weighted by atomic mass is 10.1. The van der Waals surface area contributed by atoms with Gasteiger partial charge in [-0.2, -0.15) is 0 Å². The van der Waals surface area contributed by atoms with Crippen molar-refractivity contribution in [1.29, 1.82) is 0 Å². The van der Waals surface area contributed by atoms with Gasteiger partial charge in [0.2, 0.25) is 0 Å². The van der Waals surface area contributed by atoms with E-state index >= 15 is 0 Å². The summed E-state index contributed by atoms with van der Waals surface area (Å²) in [7, 11) is 0. The van der Waals surface area contributed by atoms with Crippen LogP contribution in [-0.4, -0.2) is 18.6 Å². The van der Waals surface area contributed by atoms with E-state index in [4.69, 9.17) is 9.47 Å². The number of carbonyl (C=O) groups is 1. The summed E-state index contributed by atoms with van der Waals surface area (Å²) in [6.07, 6.45) is 4.54. The van der Waals surface area contributed by atoms with E-state index in [9.17, 15) is 4.79 Å². The molecule has 1 N–H and O–H groups in total. The Labute approximate surface area is 152 Å². The molecule has 2 heterocycles. The molecule has 0 fully saturated rings. The molecule has 0 saturated heterocycles. The van der Waals surface area contributed by atoms with Gasteiger partial charge < -0.3 is 14.8 Å². The Morgan fingerprint density at radius 3 is 3.00 bits per heavy atom. The van der Waals surface area contributed by atoms with Crippen LogP contribution in [0.5, 0.6) is 11.5 Å². The summed E-state index contributed by atoms with van der Waals surface area (Å²) in [4.78, 5) is 14.7. The van der Waals surface area contributed by atoms with Gasteiger partial charge in [0.05, 0.1) is 11.5 Å². The molecule has 1 aliphatic heterocycles. The lowest BCUT2D eigenvalue weighted by Gasteiger charge is -2.13. The summed E-state index contributed by atoms with van der Waals surface area (Å²) in [5, 5.41) is 3.04. The average Bonchev–Trinajstić information content (AvgIpc) is 3.25. The average molecular weight is 357 g/mol. The summed E-state index contributed by atoms with van der Waals surface area (Å²) in [5.74, 6) is 1.75. The number of nitrogens with one attached hydrogen (secondary N) is 1. The van der Waals surface area contributed by atoms with Crippen LogP contribution in [0.2, 0.25) is 0 Å². The first-order chi connectivity index (χ1) is 12.1. The highest BCUT2D eigenvalue weighted by molar-refractivity contribution is 7.14. The molecule has 1 aromatic heterocycles. The Kier molecular flexibility index (Phi) is 4.42. The van der Waals surface area contributed by atoms with Crippen molar-refractivity contribution in [2.75, 3.05) is 6.61 Å². The van der Waals surface area contributed by atoms with Gasteiger partial charge in [0.15, 0.2) is 0 Å². The molecule has 1 unspecified atom stereocenters. The number of aryl methyl sites for hydroxylation is 2. The Balaban J connectivity index is 1.49. The number of amides is 1. The van der Waals surface area contributed by atoms with E-state index in [1.54, 1.807) is 11.3 Å². The molecule has 4 nitrogen and oxygen atoms in total. The van der Waals surface area contributed by atoms with E-state index in [-0.39, 0.29) is 12.0 Å². The first-order valence-corrected chi connectivity index (χ1v) is 9.80. The number of thiophene rings is 1. The number of fused-ring (bicyclic) bond motifs is 2. The van der Waals surface area contributed by atoms with Crippen molar-refractivity contribution in [2.45, 2.75) is 52.2 Å². The maximum Gasteiger partial charge on any atom is 0.261 e. The summed E-state index contributed by atoms with van der Waals surface area (Å²) in [5.41, 5.74) is 3.50. The maximum absolute atomic E-state index is 12.5. The van der Waals surface area contributed by atoms with E-state index < -0.39 is 0 Å². The Hall–Kier alpha value is -2.01. The summed E-state index contributed by atoms with van der Waals surface area (Å²) >= 11 is 1.63. The van der Waals surface area contributed by atoms with E-state index in [0.717, 1.165) is 41.2 Å². The van der Waals surface area contributed by atoms with Gasteiger partial charge in [-0.15, -0.1) is 11.3 Å². The molecule has 4 rings (SSSR count). The van der Waals surface area contributed by atoms with Crippen molar-refractivity contribution in [3.63, 3.8) is 0 Å². The zero-order valence-corrected chi connectivity index (χ0v) is 15.5. The second-order valence-electron chi connectivity index (χ2n) is 6.73. The van der Waals surface area contributed by atoms with Crippen molar-refractivity contribution < 1.29 is 14.3 Å². The third-order valence-corrected chi connectivity index (χ3v) is 6.02. The highest BCUT2D eigenvalue weighted by atomic mass is 32.1. The highest BCUT2D eigenvalue weighted by Gasteiger charge is 2.23. The van der Waals surface area contributed by atoms with Gasteiger partial charge >= 0.3 is 0 Å². The van der Waals surface area contributed by atoms with Gasteiger partial charge in [-0.3, -0.25) is 4.79 Å². The molecule has 0 radical (unpaired) electrons. The van der Waals surface area contributed by atoms with Crippen LogP contribution in [0.1, 0.15) is 51.5 Å². The highest BCUT2D eigenvalue weighted by Crippen LogP contribution is 2.35. The molecule has 132 valence electrons. The molecular formula is C20H23NO3S. The SMILES string of the molecule is CCOc1cc2c(cc1CNC(=O)c1cc3c(s1)CCC3)OC(C)C2. The molecule has 1 atom stereocenters. The minimum atomic E-state index is -0.00312. The Bertz CT molecular complexity index is 790. The normalized spacial score (nSPS) is 17.8. The molecule has 1 amide bonds. The van der Waals surface area contributed by atoms with Crippen molar-refractivity contribution >= 4 is 17.2 Å². The number of ether oxygens (including phenoxy) is 2. The first-order valence-electron chi connectivity index (χ1n) is 8.99. The summed E-state index contributed by atoms with van der Waals surface area (Å²) in [6.45, 7) is 5.09. The quantitative estimate of drug-likeness (QED) is 0.883. The van der Waals surface area contributed by atoms with Gasteiger partial charge in [0.1, 0.15) is 17.6 Å². The third kappa shape index (κ3) is 3.25. The van der Waals surface area contributed by atoms with Crippen molar-refractivity contribution in [2.24, 2.45) is 0 Å². The molecule has 5 heteroatoms. The van der Waals surface area contributed by atoms with Crippen LogP contribution in [0.4, 0.5) is 0 Å². The maximum atomic E-state index is 12.5. The number of rotatable bonds is 5. The molecule has 0 saturated carbocycles. The summed E-state index contributed by atoms with van der Waals surface area (Å²) in [6, 6.07) is 6.13. The van der Waals surface area contributed by atoms with Crippen LogP contribution in [0.15, 0.2) is 18.2 Å². The van der Waals surface area contributed by atoms with Gasteiger partial charge in [-0.25, -0.2) is 0 Å². The molecule has 2 aromatic rings. The topological polar surface area (TPSA) is 47.6 Å². The fourth-order valence-corrected chi connectivity index (χ4v) is 4.78. The molecule has 1 aromatic carbocycles. The van der Waals surface area contributed by atoms with Crippen molar-refractivity contribution in [3.8, 4) is 11.5 Å².